The van der Waals surface area contributed by atoms with Gasteiger partial charge in [0.1, 0.15) is 12.4 Å². The molecule has 1 aromatic carbocycles. The second-order valence-electron chi connectivity index (χ2n) is 7.08. The summed E-state index contributed by atoms with van der Waals surface area (Å²) in [6, 6.07) is 6.28. The predicted octanol–water partition coefficient (Wildman–Crippen LogP) is 3.25. The number of hydrogen-bond donors (Lipinski definition) is 1. The molecule has 0 spiro atoms. The lowest BCUT2D eigenvalue weighted by molar-refractivity contribution is 0.0536. The highest BCUT2D eigenvalue weighted by Crippen LogP contribution is 2.17. The minimum atomic E-state index is 0. The molecule has 0 radical (unpaired) electrons. The molecule has 7 heteroatoms. The summed E-state index contributed by atoms with van der Waals surface area (Å²) >= 11 is 0. The van der Waals surface area contributed by atoms with Gasteiger partial charge in [0, 0.05) is 32.7 Å². The van der Waals surface area contributed by atoms with Gasteiger partial charge in [0.2, 0.25) is 0 Å². The highest BCUT2D eigenvalue weighted by molar-refractivity contribution is 14.0. The van der Waals surface area contributed by atoms with Crippen LogP contribution in [-0.4, -0.2) is 70.6 Å². The Labute approximate surface area is 187 Å². The molecule has 1 N–H and O–H groups in total. The Kier molecular flexibility index (Phi) is 12.5. The highest BCUT2D eigenvalue weighted by Gasteiger charge is 2.24. The Balaban J connectivity index is 0.00000392. The molecule has 6 nitrogen and oxygen atoms in total. The standard InChI is InChI=1S/C21H35N3O3.HI/c1-5-22-21(24-8-6-19(15-24)16-26-11-10-25-4)23-7-9-27-20-13-17(2)12-18(3)14-20;/h12-14,19H,5-11,15-16H2,1-4H3,(H,22,23);1H. The molecule has 2 rings (SSSR count). The summed E-state index contributed by atoms with van der Waals surface area (Å²) in [5, 5.41) is 3.40. The first-order chi connectivity index (χ1) is 13.1. The maximum atomic E-state index is 5.87. The lowest BCUT2D eigenvalue weighted by Gasteiger charge is -2.21. The molecule has 0 saturated carbocycles. The Morgan fingerprint density at radius 1 is 1.18 bits per heavy atom. The van der Waals surface area contributed by atoms with Crippen LogP contribution in [0.4, 0.5) is 0 Å². The first-order valence-corrected chi connectivity index (χ1v) is 9.93. The van der Waals surface area contributed by atoms with E-state index in [-0.39, 0.29) is 24.0 Å². The number of nitrogens with one attached hydrogen (secondary N) is 1. The van der Waals surface area contributed by atoms with Crippen LogP contribution in [-0.2, 0) is 9.47 Å². The van der Waals surface area contributed by atoms with Crippen LogP contribution in [0.5, 0.6) is 5.75 Å². The van der Waals surface area contributed by atoms with Crippen molar-refractivity contribution in [1.29, 1.82) is 0 Å². The minimum absolute atomic E-state index is 0. The third-order valence-electron chi connectivity index (χ3n) is 4.52. The molecule has 1 aliphatic rings. The van der Waals surface area contributed by atoms with Crippen molar-refractivity contribution in [2.45, 2.75) is 27.2 Å². The van der Waals surface area contributed by atoms with Crippen LogP contribution in [0.2, 0.25) is 0 Å². The van der Waals surface area contributed by atoms with Crippen molar-refractivity contribution in [3.05, 3.63) is 29.3 Å². The number of benzene rings is 1. The van der Waals surface area contributed by atoms with E-state index in [1.807, 2.05) is 0 Å². The van der Waals surface area contributed by atoms with Crippen molar-refractivity contribution in [2.75, 3.05) is 59.7 Å². The predicted molar refractivity (Wildman–Crippen MR) is 125 cm³/mol. The Bertz CT molecular complexity index is 578. The molecule has 1 saturated heterocycles. The Morgan fingerprint density at radius 2 is 1.93 bits per heavy atom. The first-order valence-electron chi connectivity index (χ1n) is 9.93. The molecule has 1 heterocycles. The van der Waals surface area contributed by atoms with E-state index < -0.39 is 0 Å². The van der Waals surface area contributed by atoms with Crippen molar-refractivity contribution in [2.24, 2.45) is 10.9 Å². The van der Waals surface area contributed by atoms with E-state index in [2.05, 4.69) is 49.2 Å². The zero-order valence-corrected chi connectivity index (χ0v) is 20.0. The number of nitrogens with zero attached hydrogens (tertiary/aromatic N) is 2. The molecule has 0 amide bonds. The molecule has 1 aliphatic heterocycles. The molecule has 0 aromatic heterocycles. The van der Waals surface area contributed by atoms with Gasteiger partial charge in [0.15, 0.2) is 5.96 Å². The number of halogens is 1. The van der Waals surface area contributed by atoms with Crippen molar-refractivity contribution >= 4 is 29.9 Å². The van der Waals surface area contributed by atoms with Crippen LogP contribution in [0.1, 0.15) is 24.5 Å². The van der Waals surface area contributed by atoms with Crippen LogP contribution in [0.3, 0.4) is 0 Å². The maximum Gasteiger partial charge on any atom is 0.194 e. The van der Waals surface area contributed by atoms with E-state index in [1.54, 1.807) is 7.11 Å². The van der Waals surface area contributed by atoms with Gasteiger partial charge in [-0.05, 0) is 50.5 Å². The van der Waals surface area contributed by atoms with Gasteiger partial charge < -0.3 is 24.4 Å². The van der Waals surface area contributed by atoms with Gasteiger partial charge in [-0.1, -0.05) is 6.07 Å². The zero-order chi connectivity index (χ0) is 19.5. The summed E-state index contributed by atoms with van der Waals surface area (Å²) in [7, 11) is 1.70. The van der Waals surface area contributed by atoms with Crippen LogP contribution < -0.4 is 10.1 Å². The molecule has 160 valence electrons. The molecular weight excluding hydrogens is 469 g/mol. The third-order valence-corrected chi connectivity index (χ3v) is 4.52. The second kappa shape index (κ2) is 14.0. The topological polar surface area (TPSA) is 55.3 Å². The number of aliphatic imine (C=N–C) groups is 1. The molecule has 0 aliphatic carbocycles. The zero-order valence-electron chi connectivity index (χ0n) is 17.7. The van der Waals surface area contributed by atoms with Gasteiger partial charge in [-0.2, -0.15) is 0 Å². The SMILES string of the molecule is CCNC(=NCCOc1cc(C)cc(C)c1)N1CCC(COCCOC)C1.I. The van der Waals surface area contributed by atoms with Gasteiger partial charge in [0.25, 0.3) is 0 Å². The van der Waals surface area contributed by atoms with Crippen molar-refractivity contribution in [3.63, 3.8) is 0 Å². The molecule has 1 aromatic rings. The molecule has 0 bridgehead atoms. The molecule has 1 fully saturated rings. The second-order valence-corrected chi connectivity index (χ2v) is 7.08. The number of guanidine groups is 1. The summed E-state index contributed by atoms with van der Waals surface area (Å²) < 4.78 is 16.6. The number of ether oxygens (including phenoxy) is 3. The third kappa shape index (κ3) is 8.96. The summed E-state index contributed by atoms with van der Waals surface area (Å²) in [5.41, 5.74) is 2.44. The summed E-state index contributed by atoms with van der Waals surface area (Å²) in [5.74, 6) is 2.44. The van der Waals surface area contributed by atoms with E-state index in [0.717, 1.165) is 44.4 Å². The Hall–Kier alpha value is -1.06. The molecule has 28 heavy (non-hydrogen) atoms. The van der Waals surface area contributed by atoms with Gasteiger partial charge in [-0.15, -0.1) is 24.0 Å². The van der Waals surface area contributed by atoms with E-state index in [1.165, 1.54) is 11.1 Å². The van der Waals surface area contributed by atoms with Crippen molar-refractivity contribution in [3.8, 4) is 5.75 Å². The lowest BCUT2D eigenvalue weighted by atomic mass is 10.1. The van der Waals surface area contributed by atoms with Crippen LogP contribution in [0, 0.1) is 19.8 Å². The average Bonchev–Trinajstić information content (AvgIpc) is 3.09. The van der Waals surface area contributed by atoms with Crippen molar-refractivity contribution in [1.82, 2.24) is 10.2 Å². The smallest absolute Gasteiger partial charge is 0.194 e. The molecule has 1 atom stereocenters. The monoisotopic (exact) mass is 505 g/mol. The highest BCUT2D eigenvalue weighted by atomic mass is 127. The normalized spacial score (nSPS) is 16.8. The number of methoxy groups -OCH3 is 1. The number of aryl methyl sites for hydroxylation is 2. The average molecular weight is 505 g/mol. The largest absolute Gasteiger partial charge is 0.492 e. The minimum Gasteiger partial charge on any atom is -0.492 e. The quantitative estimate of drug-likeness (QED) is 0.229. The fourth-order valence-corrected chi connectivity index (χ4v) is 3.31. The van der Waals surface area contributed by atoms with Gasteiger partial charge in [-0.3, -0.25) is 0 Å². The van der Waals surface area contributed by atoms with E-state index in [9.17, 15) is 0 Å². The number of rotatable bonds is 10. The van der Waals surface area contributed by atoms with Crippen molar-refractivity contribution < 1.29 is 14.2 Å². The number of likely N-dealkylation sites (tertiary alicyclic amines) is 1. The van der Waals surface area contributed by atoms with Crippen LogP contribution >= 0.6 is 24.0 Å². The summed E-state index contributed by atoms with van der Waals surface area (Å²) in [6.45, 7) is 12.5. The van der Waals surface area contributed by atoms with Crippen LogP contribution in [0.25, 0.3) is 0 Å². The molecule has 1 unspecified atom stereocenters. The van der Waals surface area contributed by atoms with Gasteiger partial charge in [-0.25, -0.2) is 4.99 Å². The maximum absolute atomic E-state index is 5.87. The fraction of sp³-hybridized carbons (Fsp3) is 0.667. The first kappa shape index (κ1) is 25.0. The van der Waals surface area contributed by atoms with E-state index in [4.69, 9.17) is 19.2 Å². The van der Waals surface area contributed by atoms with Gasteiger partial charge in [0.05, 0.1) is 26.4 Å². The van der Waals surface area contributed by atoms with Gasteiger partial charge >= 0.3 is 0 Å². The van der Waals surface area contributed by atoms with E-state index >= 15 is 0 Å². The number of hydrogen-bond acceptors (Lipinski definition) is 4. The summed E-state index contributed by atoms with van der Waals surface area (Å²) in [6.07, 6.45) is 1.14. The summed E-state index contributed by atoms with van der Waals surface area (Å²) in [4.78, 5) is 7.07. The molecular formula is C21H36IN3O3. The lowest BCUT2D eigenvalue weighted by Crippen LogP contribution is -2.40. The van der Waals surface area contributed by atoms with E-state index in [0.29, 0.717) is 32.3 Å². The van der Waals surface area contributed by atoms with Crippen LogP contribution in [0.15, 0.2) is 23.2 Å². The Morgan fingerprint density at radius 3 is 2.61 bits per heavy atom. The fourth-order valence-electron chi connectivity index (χ4n) is 3.31.